The molecule has 0 aromatic heterocycles. The molecule has 0 heterocycles. The van der Waals surface area contributed by atoms with Crippen molar-refractivity contribution < 1.29 is 9.53 Å². The van der Waals surface area contributed by atoms with Gasteiger partial charge in [0.15, 0.2) is 0 Å². The molecular formula is C19H26O2. The van der Waals surface area contributed by atoms with E-state index in [1.54, 1.807) is 13.0 Å². The van der Waals surface area contributed by atoms with Crippen molar-refractivity contribution >= 4 is 12.0 Å². The van der Waals surface area contributed by atoms with Crippen LogP contribution >= 0.6 is 0 Å². The van der Waals surface area contributed by atoms with Crippen molar-refractivity contribution in [1.82, 2.24) is 0 Å². The SMILES string of the molecule is CCCCC(C)COC(=O)C(C)=CC=Cc1ccccc1. The van der Waals surface area contributed by atoms with Crippen LogP contribution in [0.4, 0.5) is 0 Å². The van der Waals surface area contributed by atoms with Crippen LogP contribution < -0.4 is 0 Å². The highest BCUT2D eigenvalue weighted by Gasteiger charge is 2.08. The van der Waals surface area contributed by atoms with E-state index in [9.17, 15) is 4.79 Å². The molecule has 2 nitrogen and oxygen atoms in total. The lowest BCUT2D eigenvalue weighted by Crippen LogP contribution is -2.12. The zero-order valence-corrected chi connectivity index (χ0v) is 13.3. The number of unbranched alkanes of at least 4 members (excludes halogenated alkanes) is 1. The van der Waals surface area contributed by atoms with Gasteiger partial charge in [0.05, 0.1) is 6.61 Å². The first-order valence-corrected chi connectivity index (χ1v) is 7.70. The molecule has 1 unspecified atom stereocenters. The Hall–Kier alpha value is -1.83. The number of benzene rings is 1. The highest BCUT2D eigenvalue weighted by atomic mass is 16.5. The molecule has 0 bridgehead atoms. The smallest absolute Gasteiger partial charge is 0.333 e. The van der Waals surface area contributed by atoms with Crippen LogP contribution in [-0.2, 0) is 9.53 Å². The highest BCUT2D eigenvalue weighted by Crippen LogP contribution is 2.09. The molecule has 0 aliphatic heterocycles. The molecule has 0 aliphatic rings. The van der Waals surface area contributed by atoms with Crippen molar-refractivity contribution in [2.75, 3.05) is 6.61 Å². The minimum atomic E-state index is -0.226. The van der Waals surface area contributed by atoms with E-state index >= 15 is 0 Å². The molecule has 1 aromatic carbocycles. The molecule has 2 heteroatoms. The van der Waals surface area contributed by atoms with Crippen molar-refractivity contribution in [3.8, 4) is 0 Å². The van der Waals surface area contributed by atoms with Gasteiger partial charge < -0.3 is 4.74 Å². The Labute approximate surface area is 128 Å². The van der Waals surface area contributed by atoms with Crippen LogP contribution in [0.1, 0.15) is 45.6 Å². The van der Waals surface area contributed by atoms with Crippen LogP contribution in [0, 0.1) is 5.92 Å². The van der Waals surface area contributed by atoms with E-state index < -0.39 is 0 Å². The molecule has 1 rings (SSSR count). The van der Waals surface area contributed by atoms with Gasteiger partial charge in [-0.1, -0.05) is 75.2 Å². The minimum Gasteiger partial charge on any atom is -0.462 e. The molecular weight excluding hydrogens is 260 g/mol. The van der Waals surface area contributed by atoms with Gasteiger partial charge in [-0.15, -0.1) is 0 Å². The molecule has 0 N–H and O–H groups in total. The standard InChI is InChI=1S/C19H26O2/c1-4-5-10-16(2)15-21-19(20)17(3)11-9-14-18-12-7-6-8-13-18/h6-9,11-14,16H,4-5,10,15H2,1-3H3. The zero-order chi connectivity index (χ0) is 15.5. The third-order valence-corrected chi connectivity index (χ3v) is 3.31. The third-order valence-electron chi connectivity index (χ3n) is 3.31. The van der Waals surface area contributed by atoms with Gasteiger partial charge in [-0.05, 0) is 24.8 Å². The van der Waals surface area contributed by atoms with Gasteiger partial charge in [0.2, 0.25) is 0 Å². The lowest BCUT2D eigenvalue weighted by atomic mass is 10.1. The predicted octanol–water partition coefficient (Wildman–Crippen LogP) is 5.02. The first-order chi connectivity index (χ1) is 10.1. The number of hydrogen-bond acceptors (Lipinski definition) is 2. The van der Waals surface area contributed by atoms with Crippen LogP contribution in [-0.4, -0.2) is 12.6 Å². The third kappa shape index (κ3) is 7.50. The molecule has 114 valence electrons. The summed E-state index contributed by atoms with van der Waals surface area (Å²) in [7, 11) is 0. The lowest BCUT2D eigenvalue weighted by molar-refractivity contribution is -0.140. The summed E-state index contributed by atoms with van der Waals surface area (Å²) in [6, 6.07) is 10.0. The molecule has 0 saturated carbocycles. The topological polar surface area (TPSA) is 26.3 Å². The molecule has 21 heavy (non-hydrogen) atoms. The number of carbonyl (C=O) groups excluding carboxylic acids is 1. The maximum atomic E-state index is 11.8. The molecule has 0 aliphatic carbocycles. The molecule has 0 spiro atoms. The summed E-state index contributed by atoms with van der Waals surface area (Å²) in [6.07, 6.45) is 9.13. The zero-order valence-electron chi connectivity index (χ0n) is 13.3. The quantitative estimate of drug-likeness (QED) is 0.381. The van der Waals surface area contributed by atoms with E-state index in [1.807, 2.05) is 42.5 Å². The Kier molecular flexibility index (Phi) is 8.18. The highest BCUT2D eigenvalue weighted by molar-refractivity contribution is 5.88. The summed E-state index contributed by atoms with van der Waals surface area (Å²) in [6.45, 7) is 6.59. The average molecular weight is 286 g/mol. The second-order valence-electron chi connectivity index (χ2n) is 5.47. The fourth-order valence-corrected chi connectivity index (χ4v) is 1.90. The van der Waals surface area contributed by atoms with Gasteiger partial charge in [-0.3, -0.25) is 0 Å². The molecule has 1 atom stereocenters. The van der Waals surface area contributed by atoms with E-state index in [2.05, 4.69) is 13.8 Å². The first kappa shape index (κ1) is 17.2. The Morgan fingerprint density at radius 1 is 1.29 bits per heavy atom. The fourth-order valence-electron chi connectivity index (χ4n) is 1.90. The summed E-state index contributed by atoms with van der Waals surface area (Å²) in [5, 5.41) is 0. The number of esters is 1. The first-order valence-electron chi connectivity index (χ1n) is 7.70. The summed E-state index contributed by atoms with van der Waals surface area (Å²) in [4.78, 5) is 11.8. The normalized spacial score (nSPS) is 13.4. The van der Waals surface area contributed by atoms with E-state index in [1.165, 1.54) is 12.8 Å². The summed E-state index contributed by atoms with van der Waals surface area (Å²) >= 11 is 0. The maximum Gasteiger partial charge on any atom is 0.333 e. The Morgan fingerprint density at radius 3 is 2.67 bits per heavy atom. The van der Waals surface area contributed by atoms with Crippen LogP contribution in [0.2, 0.25) is 0 Å². The average Bonchev–Trinajstić information content (AvgIpc) is 2.51. The van der Waals surface area contributed by atoms with Crippen LogP contribution in [0.15, 0.2) is 48.1 Å². The van der Waals surface area contributed by atoms with Crippen molar-refractivity contribution in [2.24, 2.45) is 5.92 Å². The van der Waals surface area contributed by atoms with Crippen molar-refractivity contribution in [2.45, 2.75) is 40.0 Å². The van der Waals surface area contributed by atoms with Gasteiger partial charge >= 0.3 is 5.97 Å². The van der Waals surface area contributed by atoms with Gasteiger partial charge in [0.25, 0.3) is 0 Å². The number of allylic oxidation sites excluding steroid dienone is 2. The largest absolute Gasteiger partial charge is 0.462 e. The second-order valence-corrected chi connectivity index (χ2v) is 5.47. The Morgan fingerprint density at radius 2 is 2.00 bits per heavy atom. The molecule has 0 fully saturated rings. The van der Waals surface area contributed by atoms with E-state index in [4.69, 9.17) is 4.74 Å². The van der Waals surface area contributed by atoms with Crippen molar-refractivity contribution in [3.63, 3.8) is 0 Å². The summed E-state index contributed by atoms with van der Waals surface area (Å²) in [5.74, 6) is 0.206. The number of carbonyl (C=O) groups is 1. The molecule has 0 amide bonds. The van der Waals surface area contributed by atoms with Crippen molar-refractivity contribution in [3.05, 3.63) is 53.6 Å². The monoisotopic (exact) mass is 286 g/mol. The Bertz CT molecular complexity index is 472. The minimum absolute atomic E-state index is 0.226. The maximum absolute atomic E-state index is 11.8. The lowest BCUT2D eigenvalue weighted by Gasteiger charge is -2.11. The summed E-state index contributed by atoms with van der Waals surface area (Å²) in [5.41, 5.74) is 1.74. The van der Waals surface area contributed by atoms with Crippen LogP contribution in [0.3, 0.4) is 0 Å². The predicted molar refractivity (Wildman–Crippen MR) is 88.9 cm³/mol. The van der Waals surface area contributed by atoms with Gasteiger partial charge in [0.1, 0.15) is 0 Å². The summed E-state index contributed by atoms with van der Waals surface area (Å²) < 4.78 is 5.32. The molecule has 0 radical (unpaired) electrons. The number of hydrogen-bond donors (Lipinski definition) is 0. The van der Waals surface area contributed by atoms with Gasteiger partial charge in [-0.25, -0.2) is 4.79 Å². The number of rotatable bonds is 8. The van der Waals surface area contributed by atoms with Crippen molar-refractivity contribution in [1.29, 1.82) is 0 Å². The van der Waals surface area contributed by atoms with E-state index in [-0.39, 0.29) is 5.97 Å². The number of ether oxygens (including phenoxy) is 1. The second kappa shape index (κ2) is 9.98. The van der Waals surface area contributed by atoms with Crippen LogP contribution in [0.25, 0.3) is 6.08 Å². The molecule has 1 aromatic rings. The fraction of sp³-hybridized carbons (Fsp3) is 0.421. The van der Waals surface area contributed by atoms with E-state index in [0.717, 1.165) is 12.0 Å². The van der Waals surface area contributed by atoms with Gasteiger partial charge in [0, 0.05) is 5.57 Å². The molecule has 0 saturated heterocycles. The Balaban J connectivity index is 2.39. The van der Waals surface area contributed by atoms with Crippen LogP contribution in [0.5, 0.6) is 0 Å². The van der Waals surface area contributed by atoms with E-state index in [0.29, 0.717) is 18.1 Å². The van der Waals surface area contributed by atoms with Gasteiger partial charge in [-0.2, -0.15) is 0 Å².